The van der Waals surface area contributed by atoms with Gasteiger partial charge >= 0.3 is 0 Å². The molecule has 3 rings (SSSR count). The molecule has 0 bridgehead atoms. The van der Waals surface area contributed by atoms with Gasteiger partial charge in [0.05, 0.1) is 0 Å². The summed E-state index contributed by atoms with van der Waals surface area (Å²) in [5.41, 5.74) is 3.52. The minimum atomic E-state index is 0.328. The quantitative estimate of drug-likeness (QED) is 0.840. The molecule has 0 atom stereocenters. The Morgan fingerprint density at radius 1 is 1.05 bits per heavy atom. The van der Waals surface area contributed by atoms with Crippen molar-refractivity contribution in [1.82, 2.24) is 9.80 Å². The van der Waals surface area contributed by atoms with Crippen LogP contribution in [0, 0.1) is 0 Å². The van der Waals surface area contributed by atoms with Crippen molar-refractivity contribution < 1.29 is 4.79 Å². The van der Waals surface area contributed by atoms with E-state index in [0.29, 0.717) is 12.2 Å². The number of hydrogen-bond donors (Lipinski definition) is 0. The first-order valence-electron chi connectivity index (χ1n) is 7.86. The number of benzene rings is 1. The number of carbonyl (C=O) groups is 1. The van der Waals surface area contributed by atoms with Crippen LogP contribution in [-0.2, 0) is 13.0 Å². The number of rotatable bonds is 4. The summed E-state index contributed by atoms with van der Waals surface area (Å²) in [6.45, 7) is 9.10. The Hall–Kier alpha value is -1.19. The van der Waals surface area contributed by atoms with Crippen molar-refractivity contribution >= 4 is 5.78 Å². The number of piperazine rings is 1. The second-order valence-electron chi connectivity index (χ2n) is 6.03. The summed E-state index contributed by atoms with van der Waals surface area (Å²) in [4.78, 5) is 16.9. The van der Waals surface area contributed by atoms with Crippen molar-refractivity contribution in [2.75, 3.05) is 32.7 Å². The number of aryl methyl sites for hydroxylation is 1. The number of hydrogen-bond acceptors (Lipinski definition) is 3. The van der Waals surface area contributed by atoms with Gasteiger partial charge in [0, 0.05) is 44.7 Å². The lowest BCUT2D eigenvalue weighted by molar-refractivity contribution is 0.0994. The predicted molar refractivity (Wildman–Crippen MR) is 81.1 cm³/mol. The summed E-state index contributed by atoms with van der Waals surface area (Å²) < 4.78 is 0. The van der Waals surface area contributed by atoms with Gasteiger partial charge in [-0.25, -0.2) is 0 Å². The van der Waals surface area contributed by atoms with Gasteiger partial charge in [-0.05, 0) is 36.6 Å². The van der Waals surface area contributed by atoms with Crippen LogP contribution in [0.25, 0.3) is 0 Å². The van der Waals surface area contributed by atoms with E-state index in [2.05, 4.69) is 34.9 Å². The molecule has 1 aliphatic heterocycles. The van der Waals surface area contributed by atoms with Crippen molar-refractivity contribution in [2.24, 2.45) is 0 Å². The summed E-state index contributed by atoms with van der Waals surface area (Å²) in [7, 11) is 0. The predicted octanol–water partition coefficient (Wildman–Crippen LogP) is 2.34. The average molecular weight is 272 g/mol. The highest BCUT2D eigenvalue weighted by atomic mass is 16.1. The molecule has 0 saturated carbocycles. The molecule has 0 amide bonds. The summed E-state index contributed by atoms with van der Waals surface area (Å²) >= 11 is 0. The minimum absolute atomic E-state index is 0.328. The lowest BCUT2D eigenvalue weighted by Crippen LogP contribution is -2.45. The first kappa shape index (κ1) is 13.8. The molecule has 3 nitrogen and oxygen atoms in total. The van der Waals surface area contributed by atoms with Crippen molar-refractivity contribution in [2.45, 2.75) is 32.7 Å². The van der Waals surface area contributed by atoms with Gasteiger partial charge in [0.25, 0.3) is 0 Å². The van der Waals surface area contributed by atoms with E-state index in [-0.39, 0.29) is 0 Å². The van der Waals surface area contributed by atoms with Crippen LogP contribution >= 0.6 is 0 Å². The molecule has 1 heterocycles. The van der Waals surface area contributed by atoms with Gasteiger partial charge in [0.1, 0.15) is 0 Å². The second-order valence-corrected chi connectivity index (χ2v) is 6.03. The normalized spacial score (nSPS) is 20.4. The lowest BCUT2D eigenvalue weighted by atomic mass is 10.1. The molecule has 0 spiro atoms. The van der Waals surface area contributed by atoms with E-state index >= 15 is 0 Å². The van der Waals surface area contributed by atoms with E-state index in [1.807, 2.05) is 0 Å². The third kappa shape index (κ3) is 2.94. The third-order valence-corrected chi connectivity index (χ3v) is 4.51. The van der Waals surface area contributed by atoms with E-state index in [9.17, 15) is 4.79 Å². The molecular weight excluding hydrogens is 248 g/mol. The van der Waals surface area contributed by atoms with Crippen molar-refractivity contribution in [1.29, 1.82) is 0 Å². The molecule has 108 valence electrons. The van der Waals surface area contributed by atoms with Gasteiger partial charge in [-0.15, -0.1) is 0 Å². The highest BCUT2D eigenvalue weighted by Crippen LogP contribution is 2.23. The van der Waals surface area contributed by atoms with Crippen molar-refractivity contribution in [3.05, 3.63) is 34.9 Å². The molecule has 1 saturated heterocycles. The molecule has 0 radical (unpaired) electrons. The Morgan fingerprint density at radius 2 is 1.80 bits per heavy atom. The summed E-state index contributed by atoms with van der Waals surface area (Å²) in [6, 6.07) is 6.49. The SMILES string of the molecule is CCCN1CCN(Cc2ccc3c(c2)C(=O)CC3)CC1. The van der Waals surface area contributed by atoms with Gasteiger partial charge in [-0.3, -0.25) is 9.69 Å². The van der Waals surface area contributed by atoms with Crippen LogP contribution in [0.3, 0.4) is 0 Å². The zero-order valence-corrected chi connectivity index (χ0v) is 12.4. The van der Waals surface area contributed by atoms with Gasteiger partial charge < -0.3 is 4.90 Å². The Bertz CT molecular complexity index is 490. The minimum Gasteiger partial charge on any atom is -0.301 e. The molecule has 1 aromatic rings. The fraction of sp³-hybridized carbons (Fsp3) is 0.588. The zero-order chi connectivity index (χ0) is 13.9. The largest absolute Gasteiger partial charge is 0.301 e. The van der Waals surface area contributed by atoms with Crippen LogP contribution in [0.1, 0.15) is 41.3 Å². The fourth-order valence-corrected chi connectivity index (χ4v) is 3.33. The molecule has 0 aromatic heterocycles. The van der Waals surface area contributed by atoms with Gasteiger partial charge in [0.15, 0.2) is 5.78 Å². The maximum Gasteiger partial charge on any atom is 0.163 e. The highest BCUT2D eigenvalue weighted by Gasteiger charge is 2.21. The number of fused-ring (bicyclic) bond motifs is 1. The monoisotopic (exact) mass is 272 g/mol. The fourth-order valence-electron chi connectivity index (χ4n) is 3.33. The Balaban J connectivity index is 1.59. The summed E-state index contributed by atoms with van der Waals surface area (Å²) in [5, 5.41) is 0. The molecule has 1 fully saturated rings. The maximum absolute atomic E-state index is 11.8. The van der Waals surface area contributed by atoms with Crippen LogP contribution in [0.15, 0.2) is 18.2 Å². The molecule has 3 heteroatoms. The van der Waals surface area contributed by atoms with E-state index in [4.69, 9.17) is 0 Å². The van der Waals surface area contributed by atoms with Gasteiger partial charge in [-0.1, -0.05) is 19.1 Å². The van der Waals surface area contributed by atoms with Crippen LogP contribution in [0.2, 0.25) is 0 Å². The standard InChI is InChI=1S/C17H24N2O/c1-2-7-18-8-10-19(11-9-18)13-14-3-4-15-5-6-17(20)16(15)12-14/h3-4,12H,2,5-11,13H2,1H3. The molecule has 1 aliphatic carbocycles. The molecule has 20 heavy (non-hydrogen) atoms. The van der Waals surface area contributed by atoms with Crippen molar-refractivity contribution in [3.8, 4) is 0 Å². The first-order chi connectivity index (χ1) is 9.76. The Morgan fingerprint density at radius 3 is 2.55 bits per heavy atom. The van der Waals surface area contributed by atoms with Gasteiger partial charge in [0.2, 0.25) is 0 Å². The smallest absolute Gasteiger partial charge is 0.163 e. The topological polar surface area (TPSA) is 23.6 Å². The van der Waals surface area contributed by atoms with E-state index in [1.54, 1.807) is 0 Å². The van der Waals surface area contributed by atoms with Gasteiger partial charge in [-0.2, -0.15) is 0 Å². The third-order valence-electron chi connectivity index (χ3n) is 4.51. The highest BCUT2D eigenvalue weighted by molar-refractivity contribution is 6.00. The average Bonchev–Trinajstić information content (AvgIpc) is 2.83. The Labute approximate surface area is 121 Å². The molecule has 0 unspecified atom stereocenters. The van der Waals surface area contributed by atoms with E-state index in [1.165, 1.54) is 37.2 Å². The number of ketones is 1. The van der Waals surface area contributed by atoms with Crippen LogP contribution < -0.4 is 0 Å². The molecule has 0 N–H and O–H groups in total. The lowest BCUT2D eigenvalue weighted by Gasteiger charge is -2.34. The molecule has 2 aliphatic rings. The number of Topliss-reactive ketones (excluding diaryl/α,β-unsaturated/α-hetero) is 1. The van der Waals surface area contributed by atoms with Crippen LogP contribution in [-0.4, -0.2) is 48.3 Å². The van der Waals surface area contributed by atoms with Crippen LogP contribution in [0.4, 0.5) is 0 Å². The second kappa shape index (κ2) is 6.06. The first-order valence-corrected chi connectivity index (χ1v) is 7.86. The summed E-state index contributed by atoms with van der Waals surface area (Å²) in [5.74, 6) is 0.328. The van der Waals surface area contributed by atoms with E-state index in [0.717, 1.165) is 31.6 Å². The maximum atomic E-state index is 11.8. The van der Waals surface area contributed by atoms with Crippen molar-refractivity contribution in [3.63, 3.8) is 0 Å². The molecular formula is C17H24N2O. The summed E-state index contributed by atoms with van der Waals surface area (Å²) in [6.07, 6.45) is 2.88. The molecule has 1 aromatic carbocycles. The Kier molecular flexibility index (Phi) is 4.18. The van der Waals surface area contributed by atoms with E-state index < -0.39 is 0 Å². The number of carbonyl (C=O) groups excluding carboxylic acids is 1. The van der Waals surface area contributed by atoms with Crippen LogP contribution in [0.5, 0.6) is 0 Å². The number of nitrogens with zero attached hydrogens (tertiary/aromatic N) is 2. The zero-order valence-electron chi connectivity index (χ0n) is 12.4.